The maximum Gasteiger partial charge on any atom is 2.00 e. The Kier molecular flexibility index (Phi) is 118. The molecule has 1 radical (unpaired) electrons. The van der Waals surface area contributed by atoms with Gasteiger partial charge in [-0.05, 0) is 38.4 Å². The van der Waals surface area contributed by atoms with Crippen LogP contribution in [-0.2, 0) is 39.6 Å². The largest absolute Gasteiger partial charge is 2.00 e. The molecule has 233 valence electrons. The van der Waals surface area contributed by atoms with E-state index in [0.717, 1.165) is 11.4 Å². The third kappa shape index (κ3) is 73.1. The summed E-state index contributed by atoms with van der Waals surface area (Å²) >= 11 is 0. The van der Waals surface area contributed by atoms with E-state index in [-0.39, 0.29) is 100 Å². The summed E-state index contributed by atoms with van der Waals surface area (Å²) in [6.07, 6.45) is 1.25. The zero-order valence-corrected chi connectivity index (χ0v) is 35.6. The van der Waals surface area contributed by atoms with Crippen LogP contribution in [0.5, 0.6) is 0 Å². The van der Waals surface area contributed by atoms with Crippen LogP contribution in [-0.4, -0.2) is 14.1 Å². The second-order valence-corrected chi connectivity index (χ2v) is 5.84. The molecule has 4 rings (SSSR count). The second kappa shape index (κ2) is 71.7. The molecule has 0 spiro atoms. The Morgan fingerprint density at radius 2 is 0.537 bits per heavy atom. The molecule has 0 saturated heterocycles. The van der Waals surface area contributed by atoms with Gasteiger partial charge in [-0.2, -0.15) is 0 Å². The van der Waals surface area contributed by atoms with Crippen molar-refractivity contribution in [3.05, 3.63) is 163 Å². The van der Waals surface area contributed by atoms with Gasteiger partial charge in [0.15, 0.2) is 0 Å². The molecule has 0 aliphatic heterocycles. The molecule has 0 aliphatic carbocycles. The summed E-state index contributed by atoms with van der Waals surface area (Å²) in [4.78, 5) is 0. The molecule has 8 N–H and O–H groups in total. The molecule has 0 bridgehead atoms. The summed E-state index contributed by atoms with van der Waals surface area (Å²) in [5.74, 6) is 0. The minimum atomic E-state index is 0. The summed E-state index contributed by atoms with van der Waals surface area (Å²) in [5.41, 5.74) is 21.2. The van der Waals surface area contributed by atoms with Gasteiger partial charge in [0.2, 0.25) is 0 Å². The van der Waals surface area contributed by atoms with E-state index in [1.165, 1.54) is 27.9 Å². The van der Waals surface area contributed by atoms with E-state index in [2.05, 4.69) is 25.3 Å². The Hall–Kier alpha value is -1.28. The zero-order chi connectivity index (χ0) is 27.4. The Labute approximate surface area is 308 Å². The van der Waals surface area contributed by atoms with Gasteiger partial charge >= 0.3 is 21.1 Å². The van der Waals surface area contributed by atoms with Crippen molar-refractivity contribution in [3.63, 3.8) is 0 Å². The number of hydrogen-bond donors (Lipinski definition) is 4. The fourth-order valence-electron chi connectivity index (χ4n) is 1.65. The van der Waals surface area contributed by atoms with Crippen molar-refractivity contribution in [2.45, 2.75) is 27.7 Å². The molecule has 7 heteroatoms. The van der Waals surface area contributed by atoms with Gasteiger partial charge in [0.25, 0.3) is 0 Å². The van der Waals surface area contributed by atoms with Gasteiger partial charge in [0, 0.05) is 62.4 Å². The molecule has 0 unspecified atom stereocenters. The first-order chi connectivity index (χ1) is 17.2. The van der Waals surface area contributed by atoms with Crippen molar-refractivity contribution in [2.24, 2.45) is 11.5 Å². The van der Waals surface area contributed by atoms with E-state index >= 15 is 0 Å². The molecule has 0 saturated carbocycles. The molecule has 0 atom stereocenters. The fourth-order valence-corrected chi connectivity index (χ4v) is 1.65. The van der Waals surface area contributed by atoms with Gasteiger partial charge < -0.3 is 52.6 Å². The summed E-state index contributed by atoms with van der Waals surface area (Å²) in [5, 5.41) is 0. The van der Waals surface area contributed by atoms with E-state index < -0.39 is 0 Å². The maximum absolute atomic E-state index is 5.75. The van der Waals surface area contributed by atoms with Gasteiger partial charge in [0.1, 0.15) is 0 Å². The number of rotatable bonds is 0. The number of benzene rings is 4. The van der Waals surface area contributed by atoms with Gasteiger partial charge in [-0.1, -0.05) is 137 Å². The van der Waals surface area contributed by atoms with Crippen LogP contribution in [0.1, 0.15) is 29.0 Å². The first kappa shape index (κ1) is 67.4. The molecular weight excluding hydrogens is 937 g/mol. The number of nitrogens with two attached hydrogens (primary N) is 4. The quantitative estimate of drug-likeness (QED) is 0.104. The zero-order valence-electron chi connectivity index (χ0n) is 28.1. The van der Waals surface area contributed by atoms with E-state index in [1.54, 1.807) is 24.3 Å². The fraction of sp³-hybridized carbons (Fsp3) is 0.176. The maximum atomic E-state index is 5.75. The van der Waals surface area contributed by atoms with Crippen LogP contribution in [0, 0.1) is 60.8 Å². The Morgan fingerprint density at radius 1 is 0.463 bits per heavy atom. The van der Waals surface area contributed by atoms with Gasteiger partial charge in [0.05, 0.1) is 0 Å². The van der Waals surface area contributed by atoms with Crippen LogP contribution in [0.15, 0.2) is 133 Å². The second-order valence-electron chi connectivity index (χ2n) is 5.84. The third-order valence-corrected chi connectivity index (χ3v) is 2.94. The first-order valence-corrected chi connectivity index (χ1v) is 11.0. The van der Waals surface area contributed by atoms with Gasteiger partial charge in [-0.15, -0.1) is 0 Å². The summed E-state index contributed by atoms with van der Waals surface area (Å²) in [6, 6.07) is 43.1. The van der Waals surface area contributed by atoms with Gasteiger partial charge in [-0.25, -0.2) is 0 Å². The van der Waals surface area contributed by atoms with Crippen molar-refractivity contribution < 1.29 is 72.1 Å². The molecule has 4 nitrogen and oxygen atoms in total. The standard InChI is InChI=1S/C6H8N2.3C6H6.C3H8.2CH5N.CH4.4CH3.U.V.W/c7-5-1-2-6(8)4-3-5;3*1-2-4-6-5-3-1;1-3-2;2*1-2;;;;;;;;/h1-4H,7-8H2;3*1-6H;3H2,1-2H3;2*2H2,1H3;1H4;4*1H3;;;/q;;;;;;;;4*-1;;;+2/i;;;;;;;1T;;;;;;;. The van der Waals surface area contributed by atoms with E-state index in [4.69, 9.17) is 12.8 Å². The van der Waals surface area contributed by atoms with E-state index in [0.29, 0.717) is 0 Å². The summed E-state index contributed by atoms with van der Waals surface area (Å²) in [6.45, 7) is 4.25. The molecule has 0 heterocycles. The number of anilines is 2. The van der Waals surface area contributed by atoms with Crippen molar-refractivity contribution in [1.82, 2.24) is 0 Å². The summed E-state index contributed by atoms with van der Waals surface area (Å²) < 4.78 is 5.75. The first-order valence-electron chi connectivity index (χ1n) is 12.0. The number of nitrogen functional groups attached to an aromatic ring is 2. The van der Waals surface area contributed by atoms with Crippen LogP contribution in [0.4, 0.5) is 11.4 Å². The van der Waals surface area contributed by atoms with Crippen LogP contribution in [0.25, 0.3) is 0 Å². The smallest absolute Gasteiger partial charge is 0.399 e. The Balaban J connectivity index is -0.0000000297. The molecule has 4 aromatic rings. The molecule has 0 aromatic heterocycles. The molecule has 4 aromatic carbocycles. The van der Waals surface area contributed by atoms with Crippen LogP contribution in [0.2, 0.25) is 0 Å². The van der Waals surface area contributed by atoms with E-state index in [1.807, 2.05) is 109 Å². The third-order valence-electron chi connectivity index (χ3n) is 2.94. The minimum absolute atomic E-state index is 0. The minimum Gasteiger partial charge on any atom is -0.399 e. The topological polar surface area (TPSA) is 104 Å². The molecule has 41 heavy (non-hydrogen) atoms. The van der Waals surface area contributed by atoms with Crippen molar-refractivity contribution in [3.8, 4) is 0 Å². The molecule has 0 fully saturated rings. The molecular formula is C34H60N4UVW-2. The average Bonchev–Trinajstić information content (AvgIpc) is 2.98. The number of hydrogen-bond acceptors (Lipinski definition) is 4. The predicted molar refractivity (Wildman–Crippen MR) is 183 cm³/mol. The van der Waals surface area contributed by atoms with Crippen molar-refractivity contribution >= 4 is 11.4 Å². The normalized spacial score (nSPS) is 6.17. The van der Waals surface area contributed by atoms with E-state index in [9.17, 15) is 0 Å². The van der Waals surface area contributed by atoms with Gasteiger partial charge in [-0.3, -0.25) is 0 Å². The Morgan fingerprint density at radius 3 is 0.610 bits per heavy atom. The average molecular weight is 1000 g/mol. The predicted octanol–water partition coefficient (Wildman–Crippen LogP) is 8.91. The van der Waals surface area contributed by atoms with Crippen LogP contribution < -0.4 is 22.9 Å². The van der Waals surface area contributed by atoms with Crippen LogP contribution in [0.3, 0.4) is 0 Å². The molecule has 0 aliphatic rings. The Bertz CT molecular complexity index is 614. The van der Waals surface area contributed by atoms with Crippen LogP contribution >= 0.6 is 0 Å². The van der Waals surface area contributed by atoms with Crippen molar-refractivity contribution in [1.29, 1.82) is 0 Å². The summed E-state index contributed by atoms with van der Waals surface area (Å²) in [7, 11) is 4.25. The SMILES string of the molecule is CCC.CN.CN.Nc1ccc(N)cc1.[3H]C.[CH3-].[CH3-].[CH3-].[CH3-].[U].[V].[W+2].c1ccccc1.c1ccccc1.c1ccccc1. The van der Waals surface area contributed by atoms with Crippen molar-refractivity contribution in [2.75, 3.05) is 25.6 Å². The molecule has 0 amide bonds. The monoisotopic (exact) mass is 999 g/mol.